The lowest BCUT2D eigenvalue weighted by Gasteiger charge is -2.36. The first-order valence-electron chi connectivity index (χ1n) is 7.31. The van der Waals surface area contributed by atoms with Crippen LogP contribution in [0, 0.1) is 17.1 Å². The lowest BCUT2D eigenvalue weighted by Crippen LogP contribution is -2.40. The van der Waals surface area contributed by atoms with E-state index in [0.717, 1.165) is 19.5 Å². The molecule has 0 radical (unpaired) electrons. The number of hydrogen-bond acceptors (Lipinski definition) is 3. The van der Waals surface area contributed by atoms with E-state index in [1.165, 1.54) is 25.3 Å². The summed E-state index contributed by atoms with van der Waals surface area (Å²) < 4.78 is 14.0. The van der Waals surface area contributed by atoms with E-state index in [-0.39, 0.29) is 5.82 Å². The zero-order valence-corrected chi connectivity index (χ0v) is 12.0. The van der Waals surface area contributed by atoms with Gasteiger partial charge in [0.1, 0.15) is 5.82 Å². The Balaban J connectivity index is 2.04. The summed E-state index contributed by atoms with van der Waals surface area (Å²) in [6.07, 6.45) is 4.75. The predicted octanol–water partition coefficient (Wildman–Crippen LogP) is 2.66. The van der Waals surface area contributed by atoms with Crippen molar-refractivity contribution in [1.29, 1.82) is 5.26 Å². The normalized spacial score (nSPS) is 19.8. The van der Waals surface area contributed by atoms with Gasteiger partial charge in [-0.1, -0.05) is 12.5 Å². The molecule has 1 aromatic rings. The summed E-state index contributed by atoms with van der Waals surface area (Å²) in [7, 11) is 1.97. The van der Waals surface area contributed by atoms with Crippen LogP contribution in [0.1, 0.15) is 36.8 Å². The second-order valence-electron chi connectivity index (χ2n) is 5.43. The van der Waals surface area contributed by atoms with Gasteiger partial charge in [0.2, 0.25) is 0 Å². The molecule has 0 spiro atoms. The van der Waals surface area contributed by atoms with Crippen molar-refractivity contribution < 1.29 is 4.39 Å². The minimum absolute atomic E-state index is 0.262. The summed E-state index contributed by atoms with van der Waals surface area (Å²) >= 11 is 0. The van der Waals surface area contributed by atoms with Crippen LogP contribution in [0.15, 0.2) is 18.2 Å². The highest BCUT2D eigenvalue weighted by Gasteiger charge is 2.22. The molecule has 0 amide bonds. The SMILES string of the molecule is CNCCC1CCCCN1Cc1ccc(C#N)cc1F. The Bertz CT molecular complexity index is 481. The van der Waals surface area contributed by atoms with Crippen molar-refractivity contribution in [2.45, 2.75) is 38.3 Å². The van der Waals surface area contributed by atoms with Crippen molar-refractivity contribution in [2.75, 3.05) is 20.1 Å². The molecule has 1 saturated heterocycles. The Morgan fingerprint density at radius 1 is 1.45 bits per heavy atom. The van der Waals surface area contributed by atoms with E-state index >= 15 is 0 Å². The number of piperidine rings is 1. The van der Waals surface area contributed by atoms with Crippen LogP contribution >= 0.6 is 0 Å². The highest BCUT2D eigenvalue weighted by Crippen LogP contribution is 2.23. The molecule has 0 bridgehead atoms. The first-order valence-corrected chi connectivity index (χ1v) is 7.31. The van der Waals surface area contributed by atoms with Crippen LogP contribution in [0.2, 0.25) is 0 Å². The van der Waals surface area contributed by atoms with Crippen molar-refractivity contribution in [3.8, 4) is 6.07 Å². The smallest absolute Gasteiger partial charge is 0.129 e. The number of hydrogen-bond donors (Lipinski definition) is 1. The van der Waals surface area contributed by atoms with Gasteiger partial charge in [-0.2, -0.15) is 5.26 Å². The Morgan fingerprint density at radius 3 is 3.00 bits per heavy atom. The van der Waals surface area contributed by atoms with Crippen LogP contribution in [0.25, 0.3) is 0 Å². The zero-order valence-electron chi connectivity index (χ0n) is 12.0. The van der Waals surface area contributed by atoms with E-state index in [1.807, 2.05) is 13.1 Å². The molecule has 1 unspecified atom stereocenters. The topological polar surface area (TPSA) is 39.1 Å². The van der Waals surface area contributed by atoms with Gasteiger partial charge in [-0.25, -0.2) is 4.39 Å². The van der Waals surface area contributed by atoms with E-state index in [1.54, 1.807) is 12.1 Å². The van der Waals surface area contributed by atoms with E-state index in [2.05, 4.69) is 10.2 Å². The standard InChI is InChI=1S/C16H22FN3/c1-19-8-7-15-4-2-3-9-20(15)12-14-6-5-13(11-18)10-16(14)17/h5-6,10,15,19H,2-4,7-9,12H2,1H3. The molecule has 1 aromatic carbocycles. The Morgan fingerprint density at radius 2 is 2.30 bits per heavy atom. The van der Waals surface area contributed by atoms with Crippen LogP contribution in [-0.2, 0) is 6.54 Å². The molecule has 1 aliphatic rings. The molecule has 1 fully saturated rings. The summed E-state index contributed by atoms with van der Waals surface area (Å²) in [4.78, 5) is 2.38. The molecule has 3 nitrogen and oxygen atoms in total. The van der Waals surface area contributed by atoms with Gasteiger partial charge < -0.3 is 5.32 Å². The number of benzene rings is 1. The number of nitriles is 1. The first kappa shape index (κ1) is 15.0. The number of likely N-dealkylation sites (tertiary alicyclic amines) is 1. The van der Waals surface area contributed by atoms with Crippen LogP contribution in [0.4, 0.5) is 4.39 Å². The molecular weight excluding hydrogens is 253 g/mol. The molecule has 1 N–H and O–H groups in total. The maximum atomic E-state index is 14.0. The van der Waals surface area contributed by atoms with Crippen molar-refractivity contribution in [1.82, 2.24) is 10.2 Å². The minimum Gasteiger partial charge on any atom is -0.320 e. The quantitative estimate of drug-likeness (QED) is 0.898. The second-order valence-corrected chi connectivity index (χ2v) is 5.43. The summed E-state index contributed by atoms with van der Waals surface area (Å²) in [6, 6.07) is 7.29. The van der Waals surface area contributed by atoms with E-state index in [0.29, 0.717) is 23.7 Å². The Kier molecular flexibility index (Phi) is 5.51. The van der Waals surface area contributed by atoms with Gasteiger partial charge in [0.15, 0.2) is 0 Å². The van der Waals surface area contributed by atoms with Gasteiger partial charge in [0, 0.05) is 18.2 Å². The van der Waals surface area contributed by atoms with Crippen LogP contribution in [-0.4, -0.2) is 31.1 Å². The fraction of sp³-hybridized carbons (Fsp3) is 0.562. The lowest BCUT2D eigenvalue weighted by atomic mass is 9.98. The van der Waals surface area contributed by atoms with Gasteiger partial charge in [0.05, 0.1) is 11.6 Å². The van der Waals surface area contributed by atoms with Gasteiger partial charge in [-0.3, -0.25) is 4.90 Å². The molecular formula is C16H22FN3. The molecule has 0 saturated carbocycles. The van der Waals surface area contributed by atoms with Crippen LogP contribution in [0.3, 0.4) is 0 Å². The summed E-state index contributed by atoms with van der Waals surface area (Å²) in [5.41, 5.74) is 1.08. The fourth-order valence-electron chi connectivity index (χ4n) is 2.87. The number of rotatable bonds is 5. The second kappa shape index (κ2) is 7.37. The molecule has 2 rings (SSSR count). The van der Waals surface area contributed by atoms with Gasteiger partial charge in [-0.15, -0.1) is 0 Å². The van der Waals surface area contributed by atoms with Crippen LogP contribution in [0.5, 0.6) is 0 Å². The van der Waals surface area contributed by atoms with E-state index < -0.39 is 0 Å². The summed E-state index contributed by atoms with van der Waals surface area (Å²) in [5.74, 6) is -0.262. The summed E-state index contributed by atoms with van der Waals surface area (Å²) in [6.45, 7) is 2.68. The van der Waals surface area contributed by atoms with Crippen molar-refractivity contribution in [3.63, 3.8) is 0 Å². The van der Waals surface area contributed by atoms with E-state index in [9.17, 15) is 4.39 Å². The van der Waals surface area contributed by atoms with E-state index in [4.69, 9.17) is 5.26 Å². The number of nitrogens with zero attached hydrogens (tertiary/aromatic N) is 2. The molecule has 0 aromatic heterocycles. The average Bonchev–Trinajstić information content (AvgIpc) is 2.48. The minimum atomic E-state index is -0.262. The third-order valence-electron chi connectivity index (χ3n) is 4.03. The molecule has 1 heterocycles. The molecule has 0 aliphatic carbocycles. The van der Waals surface area contributed by atoms with Crippen molar-refractivity contribution in [2.24, 2.45) is 0 Å². The molecule has 1 atom stereocenters. The predicted molar refractivity (Wildman–Crippen MR) is 77.7 cm³/mol. The third-order valence-corrected chi connectivity index (χ3v) is 4.03. The van der Waals surface area contributed by atoms with Gasteiger partial charge in [0.25, 0.3) is 0 Å². The summed E-state index contributed by atoms with van der Waals surface area (Å²) in [5, 5.41) is 12.0. The first-order chi connectivity index (χ1) is 9.74. The van der Waals surface area contributed by atoms with Gasteiger partial charge in [-0.05, 0) is 51.5 Å². The monoisotopic (exact) mass is 275 g/mol. The highest BCUT2D eigenvalue weighted by atomic mass is 19.1. The zero-order chi connectivity index (χ0) is 14.4. The van der Waals surface area contributed by atoms with Gasteiger partial charge >= 0.3 is 0 Å². The third kappa shape index (κ3) is 3.78. The lowest BCUT2D eigenvalue weighted by molar-refractivity contribution is 0.131. The number of nitrogens with one attached hydrogen (secondary N) is 1. The number of halogens is 1. The Labute approximate surface area is 120 Å². The van der Waals surface area contributed by atoms with Crippen molar-refractivity contribution in [3.05, 3.63) is 35.1 Å². The molecule has 108 valence electrons. The Hall–Kier alpha value is -1.44. The highest BCUT2D eigenvalue weighted by molar-refractivity contribution is 5.32. The van der Waals surface area contributed by atoms with Crippen molar-refractivity contribution >= 4 is 0 Å². The molecule has 4 heteroatoms. The average molecular weight is 275 g/mol. The molecule has 1 aliphatic heterocycles. The maximum Gasteiger partial charge on any atom is 0.129 e. The maximum absolute atomic E-state index is 14.0. The largest absolute Gasteiger partial charge is 0.320 e. The molecule has 20 heavy (non-hydrogen) atoms. The van der Waals surface area contributed by atoms with Crippen LogP contribution < -0.4 is 5.32 Å². The fourth-order valence-corrected chi connectivity index (χ4v) is 2.87.